The van der Waals surface area contributed by atoms with Crippen molar-refractivity contribution in [3.63, 3.8) is 0 Å². The van der Waals surface area contributed by atoms with Gasteiger partial charge in [0.15, 0.2) is 5.82 Å². The van der Waals surface area contributed by atoms with E-state index in [2.05, 4.69) is 22.2 Å². The number of nitrogens with zero attached hydrogens (tertiary/aromatic N) is 3. The van der Waals surface area contributed by atoms with Crippen LogP contribution in [0.5, 0.6) is 0 Å². The quantitative estimate of drug-likeness (QED) is 0.809. The molecule has 4 heteroatoms. The van der Waals surface area contributed by atoms with Gasteiger partial charge in [0.1, 0.15) is 5.52 Å². The molecule has 1 saturated carbocycles. The first kappa shape index (κ1) is 8.71. The molecule has 0 bridgehead atoms. The van der Waals surface area contributed by atoms with Crippen LogP contribution in [0.3, 0.4) is 0 Å². The molecule has 15 heavy (non-hydrogen) atoms. The summed E-state index contributed by atoms with van der Waals surface area (Å²) in [6.07, 6.45) is 6.10. The van der Waals surface area contributed by atoms with Gasteiger partial charge in [-0.1, -0.05) is 0 Å². The lowest BCUT2D eigenvalue weighted by Crippen LogP contribution is -2.17. The minimum atomic E-state index is 0.249. The zero-order chi connectivity index (χ0) is 10.5. The molecule has 0 amide bonds. The van der Waals surface area contributed by atoms with E-state index < -0.39 is 0 Å². The first-order valence-electron chi connectivity index (χ1n) is 5.22. The third-order valence-electron chi connectivity index (χ3n) is 3.06. The Hall–Kier alpha value is -1.58. The molecule has 1 N–H and O–H groups in total. The van der Waals surface area contributed by atoms with Crippen LogP contribution in [0.15, 0.2) is 18.6 Å². The summed E-state index contributed by atoms with van der Waals surface area (Å²) in [5.74, 6) is 0.910. The molecule has 0 aromatic carbocycles. The van der Waals surface area contributed by atoms with Gasteiger partial charge in [-0.2, -0.15) is 0 Å². The zero-order valence-electron chi connectivity index (χ0n) is 8.99. The molecule has 2 aromatic heterocycles. The number of anilines is 1. The van der Waals surface area contributed by atoms with Crippen molar-refractivity contribution in [1.29, 1.82) is 0 Å². The van der Waals surface area contributed by atoms with Crippen LogP contribution in [0.25, 0.3) is 11.0 Å². The summed E-state index contributed by atoms with van der Waals surface area (Å²) in [7, 11) is 2.00. The van der Waals surface area contributed by atoms with Crippen LogP contribution >= 0.6 is 0 Å². The van der Waals surface area contributed by atoms with Crippen molar-refractivity contribution >= 4 is 16.9 Å². The van der Waals surface area contributed by atoms with Crippen LogP contribution in [0, 0.1) is 0 Å². The number of fused-ring (bicyclic) bond motifs is 1. The Balaban J connectivity index is 2.09. The molecule has 1 aliphatic carbocycles. The molecule has 0 saturated heterocycles. The van der Waals surface area contributed by atoms with Crippen molar-refractivity contribution in [2.24, 2.45) is 7.05 Å². The van der Waals surface area contributed by atoms with Crippen molar-refractivity contribution in [3.8, 4) is 0 Å². The summed E-state index contributed by atoms with van der Waals surface area (Å²) in [6.45, 7) is 2.22. The number of pyridine rings is 1. The lowest BCUT2D eigenvalue weighted by Gasteiger charge is -2.12. The molecule has 78 valence electrons. The Kier molecular flexibility index (Phi) is 1.58. The SMILES string of the molecule is Cn1cnc2c(NC3(C)CC3)nccc21. The van der Waals surface area contributed by atoms with Gasteiger partial charge in [-0.25, -0.2) is 9.97 Å². The van der Waals surface area contributed by atoms with Gasteiger partial charge in [0.05, 0.1) is 11.8 Å². The predicted molar refractivity (Wildman–Crippen MR) is 59.8 cm³/mol. The lowest BCUT2D eigenvalue weighted by molar-refractivity contribution is 0.823. The number of rotatable bonds is 2. The first-order chi connectivity index (χ1) is 7.18. The molecule has 0 unspecified atom stereocenters. The van der Waals surface area contributed by atoms with Crippen molar-refractivity contribution in [2.45, 2.75) is 25.3 Å². The Morgan fingerprint density at radius 2 is 2.20 bits per heavy atom. The van der Waals surface area contributed by atoms with Crippen LogP contribution < -0.4 is 5.32 Å². The topological polar surface area (TPSA) is 42.7 Å². The molecule has 3 rings (SSSR count). The van der Waals surface area contributed by atoms with E-state index in [-0.39, 0.29) is 5.54 Å². The van der Waals surface area contributed by atoms with E-state index in [1.165, 1.54) is 12.8 Å². The van der Waals surface area contributed by atoms with Crippen LogP contribution in [0.1, 0.15) is 19.8 Å². The average molecular weight is 202 g/mol. The maximum Gasteiger partial charge on any atom is 0.154 e. The second-order valence-electron chi connectivity index (χ2n) is 4.57. The number of aryl methyl sites for hydroxylation is 1. The normalized spacial score (nSPS) is 18.0. The minimum Gasteiger partial charge on any atom is -0.363 e. The Morgan fingerprint density at radius 3 is 2.93 bits per heavy atom. The highest BCUT2D eigenvalue weighted by atomic mass is 15.1. The molecule has 2 aromatic rings. The first-order valence-corrected chi connectivity index (χ1v) is 5.22. The monoisotopic (exact) mass is 202 g/mol. The number of hydrogen-bond acceptors (Lipinski definition) is 3. The third-order valence-corrected chi connectivity index (χ3v) is 3.06. The molecular weight excluding hydrogens is 188 g/mol. The number of hydrogen-bond donors (Lipinski definition) is 1. The van der Waals surface area contributed by atoms with E-state index >= 15 is 0 Å². The maximum atomic E-state index is 4.37. The summed E-state index contributed by atoms with van der Waals surface area (Å²) < 4.78 is 2.01. The maximum absolute atomic E-state index is 4.37. The van der Waals surface area contributed by atoms with Crippen LogP contribution in [0.2, 0.25) is 0 Å². The smallest absolute Gasteiger partial charge is 0.154 e. The minimum absolute atomic E-state index is 0.249. The highest BCUT2D eigenvalue weighted by Crippen LogP contribution is 2.38. The van der Waals surface area contributed by atoms with Crippen LogP contribution in [-0.2, 0) is 7.05 Å². The van der Waals surface area contributed by atoms with Gasteiger partial charge in [-0.3, -0.25) is 0 Å². The molecule has 0 radical (unpaired) electrons. The fraction of sp³-hybridized carbons (Fsp3) is 0.455. The van der Waals surface area contributed by atoms with Gasteiger partial charge in [0.25, 0.3) is 0 Å². The molecule has 1 aliphatic rings. The van der Waals surface area contributed by atoms with Crippen LogP contribution in [-0.4, -0.2) is 20.1 Å². The van der Waals surface area contributed by atoms with Crippen molar-refractivity contribution in [1.82, 2.24) is 14.5 Å². The fourth-order valence-electron chi connectivity index (χ4n) is 1.75. The zero-order valence-corrected chi connectivity index (χ0v) is 8.99. The van der Waals surface area contributed by atoms with E-state index in [1.54, 1.807) is 0 Å². The predicted octanol–water partition coefficient (Wildman–Crippen LogP) is 1.93. The van der Waals surface area contributed by atoms with Gasteiger partial charge in [-0.15, -0.1) is 0 Å². The average Bonchev–Trinajstić information content (AvgIpc) is 2.81. The second kappa shape index (κ2) is 2.72. The highest BCUT2D eigenvalue weighted by molar-refractivity contribution is 5.86. The standard InChI is InChI=1S/C11H14N4/c1-11(4-5-11)14-10-9-8(3-6-12-10)15(2)7-13-9/h3,6-7H,4-5H2,1-2H3,(H,12,14). The molecule has 0 spiro atoms. The van der Waals surface area contributed by atoms with Gasteiger partial charge in [-0.05, 0) is 25.8 Å². The van der Waals surface area contributed by atoms with E-state index in [0.29, 0.717) is 0 Å². The van der Waals surface area contributed by atoms with Gasteiger partial charge < -0.3 is 9.88 Å². The summed E-state index contributed by atoms with van der Waals surface area (Å²) in [4.78, 5) is 8.73. The molecular formula is C11H14N4. The van der Waals surface area contributed by atoms with Crippen LogP contribution in [0.4, 0.5) is 5.82 Å². The van der Waals surface area contributed by atoms with E-state index in [9.17, 15) is 0 Å². The molecule has 1 fully saturated rings. The summed E-state index contributed by atoms with van der Waals surface area (Å²) >= 11 is 0. The number of aromatic nitrogens is 3. The summed E-state index contributed by atoms with van der Waals surface area (Å²) in [5.41, 5.74) is 2.34. The fourth-order valence-corrected chi connectivity index (χ4v) is 1.75. The third kappa shape index (κ3) is 1.37. The summed E-state index contributed by atoms with van der Waals surface area (Å²) in [5, 5.41) is 3.46. The van der Waals surface area contributed by atoms with E-state index in [1.807, 2.05) is 30.2 Å². The highest BCUT2D eigenvalue weighted by Gasteiger charge is 2.37. The Morgan fingerprint density at radius 1 is 1.40 bits per heavy atom. The number of nitrogens with one attached hydrogen (secondary N) is 1. The van der Waals surface area contributed by atoms with Gasteiger partial charge in [0, 0.05) is 18.8 Å². The van der Waals surface area contributed by atoms with Gasteiger partial charge in [0.2, 0.25) is 0 Å². The molecule has 0 atom stereocenters. The van der Waals surface area contributed by atoms with Crippen molar-refractivity contribution < 1.29 is 0 Å². The molecule has 4 nitrogen and oxygen atoms in total. The molecule has 0 aliphatic heterocycles. The van der Waals surface area contributed by atoms with E-state index in [0.717, 1.165) is 16.9 Å². The van der Waals surface area contributed by atoms with Crippen molar-refractivity contribution in [2.75, 3.05) is 5.32 Å². The second-order valence-corrected chi connectivity index (χ2v) is 4.57. The van der Waals surface area contributed by atoms with E-state index in [4.69, 9.17) is 0 Å². The Bertz CT molecular complexity index is 510. The molecule has 2 heterocycles. The largest absolute Gasteiger partial charge is 0.363 e. The number of imidazole rings is 1. The van der Waals surface area contributed by atoms with Gasteiger partial charge >= 0.3 is 0 Å². The summed E-state index contributed by atoms with van der Waals surface area (Å²) in [6, 6.07) is 1.99. The Labute approximate surface area is 88.3 Å². The lowest BCUT2D eigenvalue weighted by atomic mass is 10.3. The van der Waals surface area contributed by atoms with Crippen molar-refractivity contribution in [3.05, 3.63) is 18.6 Å².